The molecule has 1 aromatic rings. The van der Waals surface area contributed by atoms with Crippen molar-refractivity contribution in [1.29, 1.82) is 0 Å². The molecule has 1 amide bonds. The summed E-state index contributed by atoms with van der Waals surface area (Å²) in [7, 11) is 0. The molecule has 1 atom stereocenters. The molecule has 1 fully saturated rings. The molecule has 2 N–H and O–H groups in total. The summed E-state index contributed by atoms with van der Waals surface area (Å²) in [5.74, 6) is -1.26. The van der Waals surface area contributed by atoms with Crippen LogP contribution in [0.5, 0.6) is 0 Å². The van der Waals surface area contributed by atoms with Crippen molar-refractivity contribution in [1.82, 2.24) is 4.90 Å². The maximum absolute atomic E-state index is 12.4. The van der Waals surface area contributed by atoms with E-state index in [2.05, 4.69) is 0 Å². The summed E-state index contributed by atoms with van der Waals surface area (Å²) >= 11 is 0. The number of carboxylic acids is 1. The fraction of sp³-hybridized carbons (Fsp3) is 0.429. The molecule has 1 aliphatic rings. The lowest BCUT2D eigenvalue weighted by Crippen LogP contribution is -2.45. The Morgan fingerprint density at radius 2 is 2.00 bits per heavy atom. The van der Waals surface area contributed by atoms with Crippen LogP contribution in [0.4, 0.5) is 0 Å². The highest BCUT2D eigenvalue weighted by atomic mass is 16.4. The number of piperidine rings is 1. The second-order valence-electron chi connectivity index (χ2n) is 4.72. The number of aliphatic hydroxyl groups excluding tert-OH is 1. The lowest BCUT2D eigenvalue weighted by atomic mass is 10.0. The third-order valence-electron chi connectivity index (χ3n) is 3.46. The Balaban J connectivity index is 2.22. The number of amides is 1. The van der Waals surface area contributed by atoms with E-state index in [1.807, 2.05) is 0 Å². The molecule has 1 aliphatic heterocycles. The molecule has 2 rings (SSSR count). The van der Waals surface area contributed by atoms with Gasteiger partial charge in [0.25, 0.3) is 5.91 Å². The second-order valence-corrected chi connectivity index (χ2v) is 4.72. The van der Waals surface area contributed by atoms with E-state index in [-0.39, 0.29) is 24.1 Å². The SMILES string of the molecule is O=C(O)c1cccc(C(=O)N2CCCCC2CO)c1. The maximum Gasteiger partial charge on any atom is 0.335 e. The number of hydrogen-bond acceptors (Lipinski definition) is 3. The van der Waals surface area contributed by atoms with Gasteiger partial charge in [-0.05, 0) is 37.5 Å². The summed E-state index contributed by atoms with van der Waals surface area (Å²) < 4.78 is 0. The molecule has 19 heavy (non-hydrogen) atoms. The molecule has 0 saturated carbocycles. The Hall–Kier alpha value is -1.88. The molecule has 1 unspecified atom stereocenters. The predicted octanol–water partition coefficient (Wildman–Crippen LogP) is 1.37. The lowest BCUT2D eigenvalue weighted by Gasteiger charge is -2.34. The summed E-state index contributed by atoms with van der Waals surface area (Å²) in [6, 6.07) is 5.86. The van der Waals surface area contributed by atoms with Crippen molar-refractivity contribution in [3.8, 4) is 0 Å². The van der Waals surface area contributed by atoms with Gasteiger partial charge in [-0.2, -0.15) is 0 Å². The topological polar surface area (TPSA) is 77.8 Å². The van der Waals surface area contributed by atoms with Crippen LogP contribution in [-0.4, -0.2) is 46.2 Å². The average Bonchev–Trinajstić information content (AvgIpc) is 2.46. The van der Waals surface area contributed by atoms with Crippen molar-refractivity contribution < 1.29 is 19.8 Å². The molecule has 0 spiro atoms. The van der Waals surface area contributed by atoms with Crippen LogP contribution < -0.4 is 0 Å². The number of hydrogen-bond donors (Lipinski definition) is 2. The minimum atomic E-state index is -1.05. The lowest BCUT2D eigenvalue weighted by molar-refractivity contribution is 0.0503. The van der Waals surface area contributed by atoms with Crippen LogP contribution in [0.15, 0.2) is 24.3 Å². The first kappa shape index (κ1) is 13.5. The van der Waals surface area contributed by atoms with E-state index in [9.17, 15) is 14.7 Å². The third-order valence-corrected chi connectivity index (χ3v) is 3.46. The predicted molar refractivity (Wildman–Crippen MR) is 69.2 cm³/mol. The largest absolute Gasteiger partial charge is 0.478 e. The summed E-state index contributed by atoms with van der Waals surface area (Å²) in [5, 5.41) is 18.2. The van der Waals surface area contributed by atoms with Crippen molar-refractivity contribution in [2.24, 2.45) is 0 Å². The van der Waals surface area contributed by atoms with Crippen LogP contribution in [0.25, 0.3) is 0 Å². The maximum atomic E-state index is 12.4. The Labute approximate surface area is 111 Å². The monoisotopic (exact) mass is 263 g/mol. The Morgan fingerprint density at radius 3 is 2.68 bits per heavy atom. The first-order valence-corrected chi connectivity index (χ1v) is 6.38. The zero-order chi connectivity index (χ0) is 13.8. The fourth-order valence-corrected chi connectivity index (χ4v) is 2.41. The number of nitrogens with zero attached hydrogens (tertiary/aromatic N) is 1. The first-order chi connectivity index (χ1) is 9.13. The minimum absolute atomic E-state index is 0.0512. The second kappa shape index (κ2) is 5.84. The molecule has 1 aromatic carbocycles. The van der Waals surface area contributed by atoms with E-state index in [0.29, 0.717) is 12.1 Å². The van der Waals surface area contributed by atoms with E-state index in [1.165, 1.54) is 12.1 Å². The van der Waals surface area contributed by atoms with E-state index >= 15 is 0 Å². The Kier molecular flexibility index (Phi) is 4.16. The number of carbonyl (C=O) groups is 2. The van der Waals surface area contributed by atoms with Gasteiger partial charge in [0.1, 0.15) is 0 Å². The fourth-order valence-electron chi connectivity index (χ4n) is 2.41. The molecule has 0 radical (unpaired) electrons. The van der Waals surface area contributed by atoms with Crippen molar-refractivity contribution in [3.63, 3.8) is 0 Å². The van der Waals surface area contributed by atoms with Crippen molar-refractivity contribution in [3.05, 3.63) is 35.4 Å². The zero-order valence-corrected chi connectivity index (χ0v) is 10.6. The molecule has 1 saturated heterocycles. The van der Waals surface area contributed by atoms with E-state index in [0.717, 1.165) is 19.3 Å². The normalized spacial score (nSPS) is 19.2. The highest BCUT2D eigenvalue weighted by Crippen LogP contribution is 2.19. The van der Waals surface area contributed by atoms with Crippen molar-refractivity contribution in [2.45, 2.75) is 25.3 Å². The number of likely N-dealkylation sites (tertiary alicyclic amines) is 1. The van der Waals surface area contributed by atoms with E-state index in [4.69, 9.17) is 5.11 Å². The summed E-state index contributed by atoms with van der Waals surface area (Å²) in [5.41, 5.74) is 0.462. The van der Waals surface area contributed by atoms with Crippen LogP contribution in [0, 0.1) is 0 Å². The number of aliphatic hydroxyl groups is 1. The highest BCUT2D eigenvalue weighted by Gasteiger charge is 2.27. The van der Waals surface area contributed by atoms with Crippen LogP contribution >= 0.6 is 0 Å². The molecule has 5 heteroatoms. The molecular formula is C14H17NO4. The van der Waals surface area contributed by atoms with Gasteiger partial charge in [0.15, 0.2) is 0 Å². The number of benzene rings is 1. The molecule has 0 aromatic heterocycles. The van der Waals surface area contributed by atoms with Crippen LogP contribution in [0.3, 0.4) is 0 Å². The zero-order valence-electron chi connectivity index (χ0n) is 10.6. The summed E-state index contributed by atoms with van der Waals surface area (Å²) in [6.45, 7) is 0.561. The van der Waals surface area contributed by atoms with Gasteiger partial charge in [0, 0.05) is 12.1 Å². The third kappa shape index (κ3) is 2.93. The van der Waals surface area contributed by atoms with Gasteiger partial charge in [-0.25, -0.2) is 4.79 Å². The van der Waals surface area contributed by atoms with Gasteiger partial charge < -0.3 is 15.1 Å². The summed E-state index contributed by atoms with van der Waals surface area (Å²) in [6.07, 6.45) is 2.71. The van der Waals surface area contributed by atoms with Crippen LogP contribution in [0.2, 0.25) is 0 Å². The standard InChI is InChI=1S/C14H17NO4/c16-9-12-6-1-2-7-15(12)13(17)10-4-3-5-11(8-10)14(18)19/h3-5,8,12,16H,1-2,6-7,9H2,(H,18,19). The Morgan fingerprint density at radius 1 is 1.26 bits per heavy atom. The Bertz CT molecular complexity index is 486. The van der Waals surface area contributed by atoms with E-state index < -0.39 is 5.97 Å². The molecule has 0 bridgehead atoms. The minimum Gasteiger partial charge on any atom is -0.478 e. The molecule has 1 heterocycles. The van der Waals surface area contributed by atoms with Gasteiger partial charge in [-0.1, -0.05) is 6.07 Å². The molecule has 5 nitrogen and oxygen atoms in total. The number of rotatable bonds is 3. The van der Waals surface area contributed by atoms with E-state index in [1.54, 1.807) is 17.0 Å². The highest BCUT2D eigenvalue weighted by molar-refractivity contribution is 5.97. The first-order valence-electron chi connectivity index (χ1n) is 6.38. The van der Waals surface area contributed by atoms with Crippen molar-refractivity contribution in [2.75, 3.05) is 13.2 Å². The van der Waals surface area contributed by atoms with Crippen molar-refractivity contribution >= 4 is 11.9 Å². The average molecular weight is 263 g/mol. The number of carbonyl (C=O) groups excluding carboxylic acids is 1. The number of carboxylic acid groups (broad SMARTS) is 1. The molecular weight excluding hydrogens is 246 g/mol. The van der Waals surface area contributed by atoms with Gasteiger partial charge in [0.05, 0.1) is 18.2 Å². The molecule has 102 valence electrons. The smallest absolute Gasteiger partial charge is 0.335 e. The quantitative estimate of drug-likeness (QED) is 0.863. The van der Waals surface area contributed by atoms with Gasteiger partial charge in [-0.3, -0.25) is 4.79 Å². The van der Waals surface area contributed by atoms with Crippen LogP contribution in [-0.2, 0) is 0 Å². The van der Waals surface area contributed by atoms with Crippen LogP contribution in [0.1, 0.15) is 40.0 Å². The van der Waals surface area contributed by atoms with Gasteiger partial charge in [0.2, 0.25) is 0 Å². The summed E-state index contributed by atoms with van der Waals surface area (Å²) in [4.78, 5) is 24.9. The van der Waals surface area contributed by atoms with Gasteiger partial charge in [-0.15, -0.1) is 0 Å². The number of aromatic carboxylic acids is 1. The molecule has 0 aliphatic carbocycles. The van der Waals surface area contributed by atoms with Gasteiger partial charge >= 0.3 is 5.97 Å².